The van der Waals surface area contributed by atoms with Gasteiger partial charge in [0.2, 0.25) is 0 Å². The summed E-state index contributed by atoms with van der Waals surface area (Å²) >= 11 is 6.60. The van der Waals surface area contributed by atoms with E-state index in [0.29, 0.717) is 12.8 Å². The van der Waals surface area contributed by atoms with Crippen LogP contribution in [0.1, 0.15) is 12.1 Å². The van der Waals surface area contributed by atoms with E-state index in [0.717, 1.165) is 30.9 Å². The van der Waals surface area contributed by atoms with Gasteiger partial charge in [0.25, 0.3) is 0 Å². The Morgan fingerprint density at radius 1 is 1.35 bits per heavy atom. The molecule has 0 unspecified atom stereocenters. The lowest BCUT2D eigenvalue weighted by atomic mass is 10.2. The number of nitrogens with zero attached hydrogens (tertiary/aromatic N) is 2. The number of methoxy groups -OCH3 is 1. The largest absolute Gasteiger partial charge is 0.469 e. The predicted octanol–water partition coefficient (Wildman–Crippen LogP) is 5.30. The molecule has 2 heterocycles. The predicted molar refractivity (Wildman–Crippen MR) is 108 cm³/mol. The topological polar surface area (TPSA) is 64.1 Å². The number of aromatic nitrogens is 2. The lowest BCUT2D eigenvalue weighted by Crippen LogP contribution is -2.02. The highest BCUT2D eigenvalue weighted by atomic mass is 79.9. The average Bonchev–Trinajstić information content (AvgIpc) is 3.10. The number of anilines is 2. The molecular formula is C18H16BrN3O2S2. The van der Waals surface area contributed by atoms with Crippen molar-refractivity contribution in [3.8, 4) is 0 Å². The van der Waals surface area contributed by atoms with Gasteiger partial charge in [-0.1, -0.05) is 30.0 Å². The monoisotopic (exact) mass is 449 g/mol. The standard InChI is InChI=1S/C18H16BrN3O2S2/c1-24-16(23)8-7-13-11-25-18(21-13)22-17-15(9-12(19)10-20-17)26-14-5-3-2-4-6-14/h2-6,9-11H,7-8H2,1H3,(H,20,21,22). The van der Waals surface area contributed by atoms with Crippen molar-refractivity contribution in [2.24, 2.45) is 0 Å². The fourth-order valence-corrected chi connectivity index (χ4v) is 4.28. The van der Waals surface area contributed by atoms with Gasteiger partial charge in [-0.15, -0.1) is 11.3 Å². The lowest BCUT2D eigenvalue weighted by molar-refractivity contribution is -0.140. The minimum absolute atomic E-state index is 0.233. The number of esters is 1. The van der Waals surface area contributed by atoms with Crippen LogP contribution in [0.15, 0.2) is 62.2 Å². The Balaban J connectivity index is 1.73. The third kappa shape index (κ3) is 5.30. The molecule has 0 aliphatic carbocycles. The van der Waals surface area contributed by atoms with Crippen molar-refractivity contribution < 1.29 is 9.53 Å². The summed E-state index contributed by atoms with van der Waals surface area (Å²) in [6.45, 7) is 0. The number of pyridine rings is 1. The summed E-state index contributed by atoms with van der Waals surface area (Å²) in [5.74, 6) is 0.513. The van der Waals surface area contributed by atoms with E-state index in [1.165, 1.54) is 18.4 Å². The van der Waals surface area contributed by atoms with Crippen LogP contribution in [-0.4, -0.2) is 23.0 Å². The Hall–Kier alpha value is -1.90. The van der Waals surface area contributed by atoms with Crippen LogP contribution in [0.3, 0.4) is 0 Å². The molecule has 0 aliphatic heterocycles. The van der Waals surface area contributed by atoms with Gasteiger partial charge < -0.3 is 10.1 Å². The maximum Gasteiger partial charge on any atom is 0.305 e. The van der Waals surface area contributed by atoms with Crippen LogP contribution in [0.4, 0.5) is 10.9 Å². The van der Waals surface area contributed by atoms with Crippen LogP contribution in [0.5, 0.6) is 0 Å². The SMILES string of the molecule is COC(=O)CCc1csc(Nc2ncc(Br)cc2Sc2ccccc2)n1. The summed E-state index contributed by atoms with van der Waals surface area (Å²) in [5.41, 5.74) is 0.859. The molecule has 0 saturated carbocycles. The molecule has 1 N–H and O–H groups in total. The van der Waals surface area contributed by atoms with E-state index in [-0.39, 0.29) is 5.97 Å². The molecule has 8 heteroatoms. The number of hydrogen-bond donors (Lipinski definition) is 1. The first-order chi connectivity index (χ1) is 12.6. The number of carbonyl (C=O) groups is 1. The van der Waals surface area contributed by atoms with Gasteiger partial charge in [-0.3, -0.25) is 4.79 Å². The molecular weight excluding hydrogens is 434 g/mol. The number of hydrogen-bond acceptors (Lipinski definition) is 7. The van der Waals surface area contributed by atoms with Gasteiger partial charge in [0.15, 0.2) is 5.13 Å². The normalized spacial score (nSPS) is 10.5. The van der Waals surface area contributed by atoms with E-state index in [9.17, 15) is 4.79 Å². The van der Waals surface area contributed by atoms with Crippen LogP contribution in [0.25, 0.3) is 0 Å². The molecule has 0 saturated heterocycles. The van der Waals surface area contributed by atoms with Crippen molar-refractivity contribution in [3.05, 3.63) is 58.1 Å². The van der Waals surface area contributed by atoms with Crippen LogP contribution in [0, 0.1) is 0 Å². The van der Waals surface area contributed by atoms with E-state index in [1.54, 1.807) is 18.0 Å². The highest BCUT2D eigenvalue weighted by Crippen LogP contribution is 2.35. The second-order valence-corrected chi connectivity index (χ2v) is 8.15. The van der Waals surface area contributed by atoms with E-state index in [1.807, 2.05) is 29.6 Å². The van der Waals surface area contributed by atoms with Crippen LogP contribution >= 0.6 is 39.0 Å². The molecule has 134 valence electrons. The number of thiazole rings is 1. The van der Waals surface area contributed by atoms with E-state index in [2.05, 4.69) is 48.1 Å². The molecule has 5 nitrogen and oxygen atoms in total. The third-order valence-corrected chi connectivity index (χ3v) is 5.66. The summed E-state index contributed by atoms with van der Waals surface area (Å²) < 4.78 is 5.58. The minimum atomic E-state index is -0.233. The number of ether oxygens (including phenoxy) is 1. The van der Waals surface area contributed by atoms with Crippen molar-refractivity contribution in [2.45, 2.75) is 22.6 Å². The van der Waals surface area contributed by atoms with Gasteiger partial charge >= 0.3 is 5.97 Å². The van der Waals surface area contributed by atoms with Crippen molar-refractivity contribution >= 4 is 55.9 Å². The third-order valence-electron chi connectivity index (χ3n) is 3.38. The Morgan fingerprint density at radius 2 is 2.15 bits per heavy atom. The van der Waals surface area contributed by atoms with Gasteiger partial charge in [0.1, 0.15) is 5.82 Å². The Kier molecular flexibility index (Phi) is 6.65. The first kappa shape index (κ1) is 18.9. The summed E-state index contributed by atoms with van der Waals surface area (Å²) in [7, 11) is 1.39. The van der Waals surface area contributed by atoms with Crippen molar-refractivity contribution in [2.75, 3.05) is 12.4 Å². The molecule has 0 amide bonds. The second-order valence-electron chi connectivity index (χ2n) is 5.26. The highest BCUT2D eigenvalue weighted by molar-refractivity contribution is 9.10. The number of benzene rings is 1. The molecule has 0 aliphatic rings. The second kappa shape index (κ2) is 9.16. The minimum Gasteiger partial charge on any atom is -0.469 e. The van der Waals surface area contributed by atoms with E-state index < -0.39 is 0 Å². The number of halogens is 1. The molecule has 3 rings (SSSR count). The molecule has 1 aromatic carbocycles. The van der Waals surface area contributed by atoms with Gasteiger partial charge in [-0.2, -0.15) is 0 Å². The van der Waals surface area contributed by atoms with Gasteiger partial charge in [0.05, 0.1) is 24.1 Å². The molecule has 0 fully saturated rings. The summed E-state index contributed by atoms with van der Waals surface area (Å²) in [5, 5.41) is 5.96. The lowest BCUT2D eigenvalue weighted by Gasteiger charge is -2.09. The van der Waals surface area contributed by atoms with Gasteiger partial charge in [0, 0.05) is 27.4 Å². The maximum absolute atomic E-state index is 11.3. The first-order valence-corrected chi connectivity index (χ1v) is 10.3. The molecule has 3 aromatic rings. The summed E-state index contributed by atoms with van der Waals surface area (Å²) in [4.78, 5) is 22.4. The quantitative estimate of drug-likeness (QED) is 0.493. The highest BCUT2D eigenvalue weighted by Gasteiger charge is 2.11. The maximum atomic E-state index is 11.3. The molecule has 0 spiro atoms. The smallest absolute Gasteiger partial charge is 0.305 e. The average molecular weight is 450 g/mol. The molecule has 0 radical (unpaired) electrons. The zero-order valence-electron chi connectivity index (χ0n) is 13.9. The number of aryl methyl sites for hydroxylation is 1. The van der Waals surface area contributed by atoms with Gasteiger partial charge in [-0.25, -0.2) is 9.97 Å². The molecule has 26 heavy (non-hydrogen) atoms. The summed E-state index contributed by atoms with van der Waals surface area (Å²) in [6.07, 6.45) is 2.64. The number of rotatable bonds is 7. The van der Waals surface area contributed by atoms with Crippen molar-refractivity contribution in [1.82, 2.24) is 9.97 Å². The van der Waals surface area contributed by atoms with Gasteiger partial charge in [-0.05, 0) is 34.1 Å². The zero-order valence-corrected chi connectivity index (χ0v) is 17.2. The van der Waals surface area contributed by atoms with Crippen LogP contribution in [-0.2, 0) is 16.0 Å². The summed E-state index contributed by atoms with van der Waals surface area (Å²) in [6, 6.07) is 12.2. The van der Waals surface area contributed by atoms with Crippen LogP contribution in [0.2, 0.25) is 0 Å². The Bertz CT molecular complexity index is 887. The van der Waals surface area contributed by atoms with E-state index >= 15 is 0 Å². The number of nitrogens with one attached hydrogen (secondary N) is 1. The van der Waals surface area contributed by atoms with Crippen molar-refractivity contribution in [3.63, 3.8) is 0 Å². The fraction of sp³-hybridized carbons (Fsp3) is 0.167. The van der Waals surface area contributed by atoms with Crippen LogP contribution < -0.4 is 5.32 Å². The fourth-order valence-electron chi connectivity index (χ4n) is 2.12. The molecule has 0 bridgehead atoms. The van der Waals surface area contributed by atoms with Crippen molar-refractivity contribution in [1.29, 1.82) is 0 Å². The zero-order chi connectivity index (χ0) is 18.4. The Labute approximate surface area is 168 Å². The molecule has 2 aromatic heterocycles. The molecule has 0 atom stereocenters. The van der Waals surface area contributed by atoms with E-state index in [4.69, 9.17) is 0 Å². The first-order valence-electron chi connectivity index (χ1n) is 7.81. The Morgan fingerprint density at radius 3 is 2.92 bits per heavy atom. The number of carbonyl (C=O) groups excluding carboxylic acids is 1.